The average molecular weight is 264 g/mol. The van der Waals surface area contributed by atoms with Crippen LogP contribution in [0, 0.1) is 5.92 Å². The molecule has 1 aliphatic carbocycles. The van der Waals surface area contributed by atoms with Gasteiger partial charge in [0.15, 0.2) is 0 Å². The molecule has 1 atom stereocenters. The maximum Gasteiger partial charge on any atom is 0.218 e. The molecule has 0 saturated carbocycles. The Morgan fingerprint density at radius 1 is 1.56 bits per heavy atom. The van der Waals surface area contributed by atoms with Gasteiger partial charge in [0.1, 0.15) is 0 Å². The number of hydrogen-bond acceptors (Lipinski definition) is 2. The number of sulfonamides is 1. The van der Waals surface area contributed by atoms with Crippen LogP contribution in [0.1, 0.15) is 19.3 Å². The van der Waals surface area contributed by atoms with Crippen LogP contribution < -0.4 is 0 Å². The minimum Gasteiger partial charge on any atom is -0.212 e. The zero-order valence-corrected chi connectivity index (χ0v) is 11.1. The number of rotatable bonds is 5. The second kappa shape index (κ2) is 5.84. The zero-order valence-electron chi connectivity index (χ0n) is 9.52. The van der Waals surface area contributed by atoms with Crippen LogP contribution in [0.4, 0.5) is 0 Å². The van der Waals surface area contributed by atoms with Crippen LogP contribution in [0.3, 0.4) is 0 Å². The molecule has 1 unspecified atom stereocenters. The van der Waals surface area contributed by atoms with E-state index in [4.69, 9.17) is 11.6 Å². The predicted octanol–water partition coefficient (Wildman–Crippen LogP) is 2.36. The Hall–Kier alpha value is -0.320. The van der Waals surface area contributed by atoms with Crippen LogP contribution in [0.2, 0.25) is 0 Å². The van der Waals surface area contributed by atoms with Crippen molar-refractivity contribution >= 4 is 21.6 Å². The summed E-state index contributed by atoms with van der Waals surface area (Å²) in [6.07, 6.45) is 7.32. The standard InChI is InChI=1S/C11H18ClNO2S/c1-10(12)9-16(14,15)13(2)8-11-6-4-3-5-7-11/h3-4,11H,1,5-9H2,2H3. The van der Waals surface area contributed by atoms with Gasteiger partial charge in [-0.05, 0) is 25.2 Å². The molecule has 0 amide bonds. The van der Waals surface area contributed by atoms with E-state index in [0.29, 0.717) is 12.5 Å². The van der Waals surface area contributed by atoms with E-state index in [-0.39, 0.29) is 10.8 Å². The molecule has 1 aliphatic rings. The molecule has 0 aromatic heterocycles. The average Bonchev–Trinajstić information content (AvgIpc) is 2.17. The highest BCUT2D eigenvalue weighted by Crippen LogP contribution is 2.20. The lowest BCUT2D eigenvalue weighted by molar-refractivity contribution is 0.363. The molecule has 0 heterocycles. The number of hydrogen-bond donors (Lipinski definition) is 0. The monoisotopic (exact) mass is 263 g/mol. The van der Waals surface area contributed by atoms with Gasteiger partial charge in [0.2, 0.25) is 10.0 Å². The van der Waals surface area contributed by atoms with Crippen LogP contribution in [0.15, 0.2) is 23.8 Å². The summed E-state index contributed by atoms with van der Waals surface area (Å²) in [6.45, 7) is 3.98. The van der Waals surface area contributed by atoms with E-state index in [2.05, 4.69) is 18.7 Å². The van der Waals surface area contributed by atoms with Crippen LogP contribution in [-0.2, 0) is 10.0 Å². The van der Waals surface area contributed by atoms with Gasteiger partial charge in [-0.25, -0.2) is 12.7 Å². The fourth-order valence-corrected chi connectivity index (χ4v) is 3.28. The summed E-state index contributed by atoms with van der Waals surface area (Å²) in [5, 5.41) is 0.162. The molecule has 5 heteroatoms. The molecule has 0 aliphatic heterocycles. The van der Waals surface area contributed by atoms with Gasteiger partial charge in [0.25, 0.3) is 0 Å². The Balaban J connectivity index is 2.53. The van der Waals surface area contributed by atoms with Crippen LogP contribution >= 0.6 is 11.6 Å². The first-order chi connectivity index (χ1) is 7.42. The van der Waals surface area contributed by atoms with Crippen molar-refractivity contribution in [3.63, 3.8) is 0 Å². The largest absolute Gasteiger partial charge is 0.218 e. The summed E-state index contributed by atoms with van der Waals surface area (Å²) in [4.78, 5) is 0. The molecule has 0 aromatic rings. The molecule has 0 saturated heterocycles. The van der Waals surface area contributed by atoms with Gasteiger partial charge in [-0.3, -0.25) is 0 Å². The summed E-state index contributed by atoms with van der Waals surface area (Å²) in [5.74, 6) is 0.251. The van der Waals surface area contributed by atoms with Gasteiger partial charge in [-0.15, -0.1) is 0 Å². The third kappa shape index (κ3) is 4.28. The first-order valence-corrected chi connectivity index (χ1v) is 7.33. The first-order valence-electron chi connectivity index (χ1n) is 5.34. The molecule has 92 valence electrons. The van der Waals surface area contributed by atoms with E-state index < -0.39 is 10.0 Å². The maximum absolute atomic E-state index is 11.8. The lowest BCUT2D eigenvalue weighted by atomic mass is 9.95. The zero-order chi connectivity index (χ0) is 12.2. The lowest BCUT2D eigenvalue weighted by Crippen LogP contribution is -2.34. The molecule has 16 heavy (non-hydrogen) atoms. The summed E-state index contributed by atoms with van der Waals surface area (Å²) in [7, 11) is -1.68. The van der Waals surface area contributed by atoms with E-state index in [1.165, 1.54) is 4.31 Å². The van der Waals surface area contributed by atoms with E-state index in [1.54, 1.807) is 7.05 Å². The molecule has 0 fully saturated rings. The highest BCUT2D eigenvalue weighted by Gasteiger charge is 2.22. The molecule has 1 rings (SSSR count). The minimum absolute atomic E-state index is 0.162. The maximum atomic E-state index is 11.8. The van der Waals surface area contributed by atoms with Crippen LogP contribution in [0.5, 0.6) is 0 Å². The van der Waals surface area contributed by atoms with Crippen molar-refractivity contribution < 1.29 is 8.42 Å². The summed E-state index contributed by atoms with van der Waals surface area (Å²) >= 11 is 5.54. The Morgan fingerprint density at radius 3 is 2.75 bits per heavy atom. The van der Waals surface area contributed by atoms with Gasteiger partial charge in [-0.1, -0.05) is 30.3 Å². The lowest BCUT2D eigenvalue weighted by Gasteiger charge is -2.24. The highest BCUT2D eigenvalue weighted by atomic mass is 35.5. The third-order valence-electron chi connectivity index (χ3n) is 2.71. The summed E-state index contributed by atoms with van der Waals surface area (Å²) in [5.41, 5.74) is 0. The number of halogens is 1. The minimum atomic E-state index is -3.28. The van der Waals surface area contributed by atoms with E-state index >= 15 is 0 Å². The topological polar surface area (TPSA) is 37.4 Å². The summed E-state index contributed by atoms with van der Waals surface area (Å²) < 4.78 is 24.9. The quantitative estimate of drug-likeness (QED) is 0.714. The number of allylic oxidation sites excluding steroid dienone is 2. The van der Waals surface area contributed by atoms with Gasteiger partial charge in [0, 0.05) is 18.6 Å². The van der Waals surface area contributed by atoms with Crippen molar-refractivity contribution in [3.05, 3.63) is 23.8 Å². The Morgan fingerprint density at radius 2 is 2.25 bits per heavy atom. The second-order valence-corrected chi connectivity index (χ2v) is 6.81. The molecular weight excluding hydrogens is 246 g/mol. The third-order valence-corrected chi connectivity index (χ3v) is 4.81. The second-order valence-electron chi connectivity index (χ2n) is 4.20. The smallest absolute Gasteiger partial charge is 0.212 e. The number of nitrogens with zero attached hydrogens (tertiary/aromatic N) is 1. The Labute approximate surface area is 103 Å². The highest BCUT2D eigenvalue weighted by molar-refractivity contribution is 7.89. The van der Waals surface area contributed by atoms with E-state index in [0.717, 1.165) is 19.3 Å². The Kier molecular flexibility index (Phi) is 5.02. The van der Waals surface area contributed by atoms with E-state index in [1.807, 2.05) is 0 Å². The molecule has 0 spiro atoms. The van der Waals surface area contributed by atoms with Gasteiger partial charge in [-0.2, -0.15) is 0 Å². The van der Waals surface area contributed by atoms with Crippen molar-refractivity contribution in [2.45, 2.75) is 19.3 Å². The van der Waals surface area contributed by atoms with Gasteiger partial charge >= 0.3 is 0 Å². The van der Waals surface area contributed by atoms with Crippen LogP contribution in [0.25, 0.3) is 0 Å². The van der Waals surface area contributed by atoms with Crippen molar-refractivity contribution in [1.29, 1.82) is 0 Å². The van der Waals surface area contributed by atoms with E-state index in [9.17, 15) is 8.42 Å². The van der Waals surface area contributed by atoms with Crippen molar-refractivity contribution in [2.24, 2.45) is 5.92 Å². The van der Waals surface area contributed by atoms with Gasteiger partial charge in [0.05, 0.1) is 5.75 Å². The van der Waals surface area contributed by atoms with Crippen molar-refractivity contribution in [3.8, 4) is 0 Å². The molecule has 0 bridgehead atoms. The Bertz CT molecular complexity index is 375. The van der Waals surface area contributed by atoms with Gasteiger partial charge < -0.3 is 0 Å². The fourth-order valence-electron chi connectivity index (χ4n) is 1.81. The fraction of sp³-hybridized carbons (Fsp3) is 0.636. The SMILES string of the molecule is C=C(Cl)CS(=O)(=O)N(C)CC1CC=CCC1. The molecule has 0 radical (unpaired) electrons. The normalized spacial score (nSPS) is 21.3. The van der Waals surface area contributed by atoms with Crippen molar-refractivity contribution in [1.82, 2.24) is 4.31 Å². The molecule has 3 nitrogen and oxygen atoms in total. The summed E-state index contributed by atoms with van der Waals surface area (Å²) in [6, 6.07) is 0. The molecule has 0 N–H and O–H groups in total. The first kappa shape index (κ1) is 13.7. The predicted molar refractivity (Wildman–Crippen MR) is 67.9 cm³/mol. The van der Waals surface area contributed by atoms with Crippen LogP contribution in [-0.4, -0.2) is 32.1 Å². The molecular formula is C11H18ClNO2S. The van der Waals surface area contributed by atoms with Crippen molar-refractivity contribution in [2.75, 3.05) is 19.3 Å². The molecule has 0 aromatic carbocycles.